The van der Waals surface area contributed by atoms with Crippen LogP contribution in [0.25, 0.3) is 22.3 Å². The van der Waals surface area contributed by atoms with Gasteiger partial charge in [0.15, 0.2) is 0 Å². The SMILES string of the molecule is C/C=C\C.C=C(N=CC)C1COCCN1C(=O)c1cc2ccc(-c3cn[nH]c3)nc2[nH]1.CC.CC.CC. The maximum Gasteiger partial charge on any atom is 0.271 e. The van der Waals surface area contributed by atoms with Crippen LogP contribution in [-0.4, -0.2) is 63.0 Å². The number of carbonyl (C=O) groups excluding carboxylic acids is 1. The van der Waals surface area contributed by atoms with Crippen molar-refractivity contribution < 1.29 is 9.53 Å². The average Bonchev–Trinajstić information content (AvgIpc) is 3.66. The molecule has 2 N–H and O–H groups in total. The highest BCUT2D eigenvalue weighted by Gasteiger charge is 2.30. The minimum Gasteiger partial charge on any atom is -0.377 e. The van der Waals surface area contributed by atoms with Crippen molar-refractivity contribution in [3.05, 3.63) is 60.7 Å². The first-order chi connectivity index (χ1) is 18.1. The van der Waals surface area contributed by atoms with Crippen LogP contribution in [0.1, 0.15) is 72.8 Å². The lowest BCUT2D eigenvalue weighted by Gasteiger charge is -2.35. The van der Waals surface area contributed by atoms with Crippen molar-refractivity contribution in [2.24, 2.45) is 4.99 Å². The van der Waals surface area contributed by atoms with Gasteiger partial charge in [-0.2, -0.15) is 5.10 Å². The first-order valence-corrected chi connectivity index (χ1v) is 13.2. The molecule has 4 rings (SSSR count). The zero-order valence-corrected chi connectivity index (χ0v) is 24.1. The standard InChI is InChI=1S/C19H20N6O2.C4H8.3C2H6/c1-3-20-12(2)17-11-27-7-6-25(17)19(26)16-8-13-4-5-15(23-18(13)24-16)14-9-21-22-10-14;1-3-4-2;3*1-2/h3-5,8-10,17H,2,6-7,11H2,1H3,(H,21,22)(H,23,24);3-4H,1-2H3;3*1-2H3/b;4-3-;;;. The second-order valence-corrected chi connectivity index (χ2v) is 6.94. The second-order valence-electron chi connectivity index (χ2n) is 6.94. The van der Waals surface area contributed by atoms with Crippen LogP contribution < -0.4 is 0 Å². The molecular formula is C29H46N6O2. The van der Waals surface area contributed by atoms with Gasteiger partial charge in [-0.15, -0.1) is 0 Å². The van der Waals surface area contributed by atoms with Crippen LogP contribution in [-0.2, 0) is 4.74 Å². The van der Waals surface area contributed by atoms with Crippen LogP contribution in [0, 0.1) is 0 Å². The van der Waals surface area contributed by atoms with Crippen LogP contribution in [0.2, 0.25) is 0 Å². The Bertz CT molecular complexity index is 1080. The molecule has 37 heavy (non-hydrogen) atoms. The van der Waals surface area contributed by atoms with E-state index in [0.29, 0.717) is 36.8 Å². The molecule has 1 fully saturated rings. The molecule has 0 aliphatic carbocycles. The molecule has 0 bridgehead atoms. The van der Waals surface area contributed by atoms with Crippen LogP contribution >= 0.6 is 0 Å². The average molecular weight is 511 g/mol. The Balaban J connectivity index is 0.00000114. The third-order valence-corrected chi connectivity index (χ3v) is 4.91. The van der Waals surface area contributed by atoms with Crippen molar-refractivity contribution in [1.82, 2.24) is 25.1 Å². The Morgan fingerprint density at radius 3 is 2.38 bits per heavy atom. The van der Waals surface area contributed by atoms with E-state index in [2.05, 4.69) is 31.7 Å². The Morgan fingerprint density at radius 1 is 1.14 bits per heavy atom. The normalized spacial score (nSPS) is 14.4. The van der Waals surface area contributed by atoms with Gasteiger partial charge in [-0.1, -0.05) is 60.3 Å². The van der Waals surface area contributed by atoms with Gasteiger partial charge in [0.2, 0.25) is 0 Å². The summed E-state index contributed by atoms with van der Waals surface area (Å²) in [7, 11) is 0. The lowest BCUT2D eigenvalue weighted by atomic mass is 10.1. The first kappa shape index (κ1) is 33.5. The molecule has 0 spiro atoms. The van der Waals surface area contributed by atoms with Gasteiger partial charge in [0.1, 0.15) is 11.3 Å². The summed E-state index contributed by atoms with van der Waals surface area (Å²) in [6, 6.07) is 5.39. The third-order valence-electron chi connectivity index (χ3n) is 4.91. The predicted octanol–water partition coefficient (Wildman–Crippen LogP) is 7.06. The second kappa shape index (κ2) is 19.6. The van der Waals surface area contributed by atoms with E-state index in [9.17, 15) is 4.79 Å². The number of hydrogen-bond acceptors (Lipinski definition) is 5. The Hall–Kier alpha value is -3.52. The number of allylic oxidation sites excluding steroid dienone is 2. The fourth-order valence-electron chi connectivity index (χ4n) is 3.20. The van der Waals surface area contributed by atoms with Gasteiger partial charge in [-0.25, -0.2) is 4.98 Å². The van der Waals surface area contributed by atoms with E-state index < -0.39 is 0 Å². The molecule has 1 aliphatic heterocycles. The van der Waals surface area contributed by atoms with E-state index in [0.717, 1.165) is 16.6 Å². The molecule has 0 aromatic carbocycles. The van der Waals surface area contributed by atoms with Crippen LogP contribution in [0.4, 0.5) is 0 Å². The number of aliphatic imine (C=N–C) groups is 1. The van der Waals surface area contributed by atoms with Gasteiger partial charge in [-0.3, -0.25) is 14.9 Å². The molecule has 0 radical (unpaired) electrons. The van der Waals surface area contributed by atoms with Crippen LogP contribution in [0.15, 0.2) is 60.0 Å². The molecule has 8 heteroatoms. The highest BCUT2D eigenvalue weighted by molar-refractivity contribution is 5.98. The molecular weight excluding hydrogens is 464 g/mol. The molecule has 204 valence electrons. The number of carbonyl (C=O) groups is 1. The predicted molar refractivity (Wildman–Crippen MR) is 157 cm³/mol. The summed E-state index contributed by atoms with van der Waals surface area (Å²) in [5, 5.41) is 7.60. The smallest absolute Gasteiger partial charge is 0.271 e. The summed E-state index contributed by atoms with van der Waals surface area (Å²) in [6.45, 7) is 23.2. The minimum atomic E-state index is -0.275. The van der Waals surface area contributed by atoms with E-state index in [-0.39, 0.29) is 11.9 Å². The number of pyridine rings is 1. The number of nitrogens with one attached hydrogen (secondary N) is 2. The maximum atomic E-state index is 13.1. The maximum absolute atomic E-state index is 13.1. The Kier molecular flexibility index (Phi) is 17.8. The fraction of sp³-hybridized carbons (Fsp3) is 0.448. The number of hydrogen-bond donors (Lipinski definition) is 2. The van der Waals surface area contributed by atoms with E-state index in [1.807, 2.05) is 92.7 Å². The zero-order chi connectivity index (χ0) is 28.2. The highest BCUT2D eigenvalue weighted by atomic mass is 16.5. The quantitative estimate of drug-likeness (QED) is 0.290. The molecule has 3 aromatic heterocycles. The van der Waals surface area contributed by atoms with Gasteiger partial charge < -0.3 is 14.6 Å². The number of aromatic amines is 2. The molecule has 1 saturated heterocycles. The third kappa shape index (κ3) is 9.80. The van der Waals surface area contributed by atoms with Crippen LogP contribution in [0.5, 0.6) is 0 Å². The highest BCUT2D eigenvalue weighted by Crippen LogP contribution is 2.23. The monoisotopic (exact) mass is 510 g/mol. The number of rotatable bonds is 4. The summed E-state index contributed by atoms with van der Waals surface area (Å²) in [4.78, 5) is 26.8. The topological polar surface area (TPSA) is 99.3 Å². The van der Waals surface area contributed by atoms with E-state index in [4.69, 9.17) is 4.74 Å². The summed E-state index contributed by atoms with van der Waals surface area (Å²) < 4.78 is 5.52. The van der Waals surface area contributed by atoms with Gasteiger partial charge in [0, 0.05) is 29.9 Å². The Morgan fingerprint density at radius 2 is 1.81 bits per heavy atom. The number of fused-ring (bicyclic) bond motifs is 1. The van der Waals surface area contributed by atoms with Crippen molar-refractivity contribution in [2.45, 2.75) is 68.4 Å². The van der Waals surface area contributed by atoms with Crippen molar-refractivity contribution in [1.29, 1.82) is 0 Å². The largest absolute Gasteiger partial charge is 0.377 e. The molecule has 1 unspecified atom stereocenters. The summed E-state index contributed by atoms with van der Waals surface area (Å²) in [6.07, 6.45) is 9.16. The number of H-pyrrole nitrogens is 2. The van der Waals surface area contributed by atoms with Crippen molar-refractivity contribution in [3.63, 3.8) is 0 Å². The molecule has 0 saturated carbocycles. The summed E-state index contributed by atoms with van der Waals surface area (Å²) in [5.41, 5.74) is 3.43. The molecule has 1 aliphatic rings. The molecule has 8 nitrogen and oxygen atoms in total. The number of ether oxygens (including phenoxy) is 1. The summed E-state index contributed by atoms with van der Waals surface area (Å²) in [5.74, 6) is -0.112. The first-order valence-electron chi connectivity index (χ1n) is 13.2. The van der Waals surface area contributed by atoms with E-state index in [1.54, 1.807) is 23.5 Å². The van der Waals surface area contributed by atoms with Crippen LogP contribution in [0.3, 0.4) is 0 Å². The molecule has 1 atom stereocenters. The van der Waals surface area contributed by atoms with Crippen molar-refractivity contribution in [2.75, 3.05) is 19.8 Å². The van der Waals surface area contributed by atoms with Gasteiger partial charge in [0.25, 0.3) is 5.91 Å². The molecule has 3 aromatic rings. The van der Waals surface area contributed by atoms with Crippen molar-refractivity contribution in [3.8, 4) is 11.3 Å². The van der Waals surface area contributed by atoms with Gasteiger partial charge in [0.05, 0.1) is 36.8 Å². The fourth-order valence-corrected chi connectivity index (χ4v) is 3.20. The number of morpholine rings is 1. The lowest BCUT2D eigenvalue weighted by molar-refractivity contribution is 0.00789. The Labute approximate surface area is 222 Å². The number of aromatic nitrogens is 4. The van der Waals surface area contributed by atoms with Gasteiger partial charge >= 0.3 is 0 Å². The zero-order valence-electron chi connectivity index (χ0n) is 24.1. The number of nitrogens with zero attached hydrogens (tertiary/aromatic N) is 4. The van der Waals surface area contributed by atoms with E-state index >= 15 is 0 Å². The number of amides is 1. The molecule has 4 heterocycles. The molecule has 1 amide bonds. The van der Waals surface area contributed by atoms with Crippen molar-refractivity contribution >= 4 is 23.2 Å². The lowest BCUT2D eigenvalue weighted by Crippen LogP contribution is -2.49. The summed E-state index contributed by atoms with van der Waals surface area (Å²) >= 11 is 0. The minimum absolute atomic E-state index is 0.112. The van der Waals surface area contributed by atoms with E-state index in [1.165, 1.54) is 0 Å². The van der Waals surface area contributed by atoms with Gasteiger partial charge in [-0.05, 0) is 39.0 Å².